The van der Waals surface area contributed by atoms with E-state index in [1.165, 1.54) is 19.1 Å². The van der Waals surface area contributed by atoms with Gasteiger partial charge in [-0.05, 0) is 42.8 Å². The topological polar surface area (TPSA) is 146 Å². The van der Waals surface area contributed by atoms with Gasteiger partial charge >= 0.3 is 12.2 Å². The van der Waals surface area contributed by atoms with Crippen molar-refractivity contribution in [1.29, 1.82) is 15.3 Å². The molecule has 0 aromatic heterocycles. The number of nitriles is 2. The van der Waals surface area contributed by atoms with Gasteiger partial charge in [-0.25, -0.2) is 26.5 Å². The Morgan fingerprint density at radius 1 is 1.03 bits per heavy atom. The molecule has 1 N–H and O–H groups in total. The Labute approximate surface area is 205 Å². The van der Waals surface area contributed by atoms with E-state index in [1.54, 1.807) is 0 Å². The minimum Gasteiger partial charge on any atom is -0.265 e. The summed E-state index contributed by atoms with van der Waals surface area (Å²) in [6.07, 6.45) is -3.05. The van der Waals surface area contributed by atoms with Crippen LogP contribution in [0.5, 0.6) is 0 Å². The number of anilines is 1. The highest BCUT2D eigenvalue weighted by Gasteiger charge is 2.46. The van der Waals surface area contributed by atoms with Crippen molar-refractivity contribution in [2.24, 2.45) is 0 Å². The molecule has 0 saturated carbocycles. The number of carbonyl (C=O) groups excluding carboxylic acids is 1. The molecule has 0 bridgehead atoms. The van der Waals surface area contributed by atoms with Crippen molar-refractivity contribution in [1.82, 2.24) is 4.31 Å². The fourth-order valence-electron chi connectivity index (χ4n) is 3.84. The summed E-state index contributed by atoms with van der Waals surface area (Å²) in [5, 5.41) is 19.2. The smallest absolute Gasteiger partial charge is 0.265 e. The lowest BCUT2D eigenvalue weighted by Gasteiger charge is -2.40. The van der Waals surface area contributed by atoms with Crippen molar-refractivity contribution >= 4 is 31.5 Å². The normalized spacial score (nSPS) is 18.4. The lowest BCUT2D eigenvalue weighted by atomic mass is 9.94. The largest absolute Gasteiger partial charge is 0.416 e. The Balaban J connectivity index is 2.40. The van der Waals surface area contributed by atoms with Gasteiger partial charge < -0.3 is 0 Å². The third kappa shape index (κ3) is 4.78. The lowest BCUT2D eigenvalue weighted by Crippen LogP contribution is -2.51. The summed E-state index contributed by atoms with van der Waals surface area (Å²) in [6.45, 7) is 1.26. The zero-order valence-electron chi connectivity index (χ0n) is 19.0. The quantitative estimate of drug-likeness (QED) is 0.613. The molecule has 1 aliphatic heterocycles. The Morgan fingerprint density at radius 2 is 1.67 bits per heavy atom. The van der Waals surface area contributed by atoms with Crippen LogP contribution in [-0.2, 0) is 25.9 Å². The molecule has 0 spiro atoms. The van der Waals surface area contributed by atoms with Gasteiger partial charge in [-0.3, -0.25) is 4.90 Å². The maximum absolute atomic E-state index is 13.6. The molecule has 0 radical (unpaired) electrons. The molecule has 36 heavy (non-hydrogen) atoms. The van der Waals surface area contributed by atoms with Crippen molar-refractivity contribution in [2.75, 3.05) is 17.4 Å². The number of halogens is 3. The average Bonchev–Trinajstić information content (AvgIpc) is 2.76. The Hall–Kier alpha value is -3.88. The van der Waals surface area contributed by atoms with Gasteiger partial charge in [0, 0.05) is 12.0 Å². The number of sulfonamides is 1. The second-order valence-electron chi connectivity index (χ2n) is 7.95. The third-order valence-corrected chi connectivity index (χ3v) is 7.65. The number of urea groups is 1. The van der Waals surface area contributed by atoms with E-state index in [0.717, 1.165) is 30.5 Å². The molecular weight excluding hydrogens is 519 g/mol. The number of rotatable bonds is 4. The third-order valence-electron chi connectivity index (χ3n) is 5.38. The van der Waals surface area contributed by atoms with Crippen LogP contribution in [0.4, 0.5) is 23.7 Å². The van der Waals surface area contributed by atoms with Crippen molar-refractivity contribution in [2.45, 2.75) is 24.0 Å². The maximum atomic E-state index is 13.6. The molecule has 9 nitrogen and oxygen atoms in total. The van der Waals surface area contributed by atoms with Crippen molar-refractivity contribution in [3.05, 3.63) is 70.4 Å². The average molecular weight is 538 g/mol. The van der Waals surface area contributed by atoms with E-state index in [1.807, 2.05) is 12.1 Å². The first kappa shape index (κ1) is 26.7. The summed E-state index contributed by atoms with van der Waals surface area (Å²) in [6, 6.07) is 7.85. The number of carbonyl (C=O) groups is 1. The molecule has 2 atom stereocenters. The number of nitrogens with one attached hydrogen (secondary N) is 1. The summed E-state index contributed by atoms with van der Waals surface area (Å²) in [7, 11) is -8.07. The molecule has 1 aliphatic rings. The summed E-state index contributed by atoms with van der Waals surface area (Å²) in [5.74, 6) is 0. The Morgan fingerprint density at radius 3 is 2.17 bits per heavy atom. The van der Waals surface area contributed by atoms with Crippen LogP contribution < -0.4 is 4.90 Å². The van der Waals surface area contributed by atoms with Crippen molar-refractivity contribution in [3.8, 4) is 12.1 Å². The zero-order chi connectivity index (χ0) is 27.2. The molecule has 0 fully saturated rings. The summed E-state index contributed by atoms with van der Waals surface area (Å²) < 4.78 is 86.7. The number of allylic oxidation sites excluding steroid dienone is 1. The van der Waals surface area contributed by atoms with E-state index < -0.39 is 43.6 Å². The van der Waals surface area contributed by atoms with E-state index in [-0.39, 0.29) is 33.0 Å². The molecule has 0 aliphatic carbocycles. The summed E-state index contributed by atoms with van der Waals surface area (Å²) in [5.41, 5.74) is -2.06. The van der Waals surface area contributed by atoms with Gasteiger partial charge in [-0.1, -0.05) is 12.1 Å². The molecule has 2 aromatic carbocycles. The number of hydrogen-bond acceptors (Lipinski definition) is 7. The first-order chi connectivity index (χ1) is 16.5. The van der Waals surface area contributed by atoms with Crippen LogP contribution in [0.1, 0.15) is 29.7 Å². The van der Waals surface area contributed by atoms with Crippen LogP contribution in [0, 0.1) is 27.4 Å². The van der Waals surface area contributed by atoms with Crippen LogP contribution in [0.3, 0.4) is 0 Å². The van der Waals surface area contributed by atoms with Crippen LogP contribution >= 0.6 is 0 Å². The van der Waals surface area contributed by atoms with Gasteiger partial charge in [-0.15, -0.1) is 0 Å². The second-order valence-corrected chi connectivity index (χ2v) is 11.9. The van der Waals surface area contributed by atoms with Crippen LogP contribution in [0.2, 0.25) is 0 Å². The number of benzene rings is 2. The maximum Gasteiger partial charge on any atom is 0.416 e. The van der Waals surface area contributed by atoms with Crippen LogP contribution in [0.15, 0.2) is 58.6 Å². The highest BCUT2D eigenvalue weighted by atomic mass is 32.2. The van der Waals surface area contributed by atoms with E-state index in [0.29, 0.717) is 21.5 Å². The van der Waals surface area contributed by atoms with Crippen molar-refractivity contribution < 1.29 is 30.6 Å². The fourth-order valence-corrected chi connectivity index (χ4v) is 5.79. The minimum absolute atomic E-state index is 0.00779. The molecule has 0 saturated heterocycles. The standard InChI is InChI=1S/C22H18F3N5O4S2/c1-13-18(12-27)20(17-8-7-14(11-26)9-19(17)35(2,28)32)30(36(3,33)34)21(31)29(13)16-6-4-5-15(10-16)22(23,24)25/h4-10,20,28H,1-3H3/t20-,35+/m1/s1. The highest BCUT2D eigenvalue weighted by molar-refractivity contribution is 7.91. The van der Waals surface area contributed by atoms with Gasteiger partial charge in [-0.2, -0.15) is 23.7 Å². The van der Waals surface area contributed by atoms with Crippen LogP contribution in [0.25, 0.3) is 0 Å². The predicted octanol–water partition coefficient (Wildman–Crippen LogP) is 4.35. The predicted molar refractivity (Wildman–Crippen MR) is 123 cm³/mol. The molecular formula is C22H18F3N5O4S2. The molecule has 1 heterocycles. The van der Waals surface area contributed by atoms with Gasteiger partial charge in [0.25, 0.3) is 0 Å². The summed E-state index contributed by atoms with van der Waals surface area (Å²) in [4.78, 5) is 14.0. The second kappa shape index (κ2) is 8.96. The SMILES string of the molecule is CC1=C(C#N)[C@@H](c2ccc(C#N)cc2[S@@](C)(=N)=O)N(S(C)(=O)=O)C(=O)N1c1cccc(C(F)(F)F)c1. The van der Waals surface area contributed by atoms with Gasteiger partial charge in [0.15, 0.2) is 0 Å². The first-order valence-electron chi connectivity index (χ1n) is 9.91. The molecule has 14 heteroatoms. The molecule has 2 amide bonds. The Bertz CT molecular complexity index is 1600. The Kier molecular flexibility index (Phi) is 6.65. The lowest BCUT2D eigenvalue weighted by molar-refractivity contribution is -0.137. The fraction of sp³-hybridized carbons (Fsp3) is 0.227. The number of amides is 2. The zero-order valence-corrected chi connectivity index (χ0v) is 20.6. The minimum atomic E-state index is -4.75. The number of nitrogens with zero attached hydrogens (tertiary/aromatic N) is 4. The molecule has 188 valence electrons. The summed E-state index contributed by atoms with van der Waals surface area (Å²) >= 11 is 0. The molecule has 3 rings (SSSR count). The van der Waals surface area contributed by atoms with Gasteiger partial charge in [0.05, 0.1) is 55.4 Å². The molecule has 2 aromatic rings. The van der Waals surface area contributed by atoms with Crippen molar-refractivity contribution in [3.63, 3.8) is 0 Å². The number of alkyl halides is 3. The van der Waals surface area contributed by atoms with Crippen LogP contribution in [-0.4, -0.2) is 35.5 Å². The van der Waals surface area contributed by atoms with E-state index in [4.69, 9.17) is 4.78 Å². The molecule has 0 unspecified atom stereocenters. The van der Waals surface area contributed by atoms with Gasteiger partial charge in [0.2, 0.25) is 10.0 Å². The van der Waals surface area contributed by atoms with E-state index in [2.05, 4.69) is 0 Å². The van der Waals surface area contributed by atoms with E-state index >= 15 is 0 Å². The highest BCUT2D eigenvalue weighted by Crippen LogP contribution is 2.43. The first-order valence-corrected chi connectivity index (χ1v) is 13.7. The van der Waals surface area contributed by atoms with Gasteiger partial charge in [0.1, 0.15) is 6.04 Å². The monoisotopic (exact) mass is 537 g/mol. The number of hydrogen-bond donors (Lipinski definition) is 1. The van der Waals surface area contributed by atoms with E-state index in [9.17, 15) is 41.1 Å².